The van der Waals surface area contributed by atoms with Crippen molar-refractivity contribution in [1.29, 1.82) is 0 Å². The first kappa shape index (κ1) is 15.3. The molecule has 2 aromatic rings. The van der Waals surface area contributed by atoms with E-state index < -0.39 is 0 Å². The highest BCUT2D eigenvalue weighted by Gasteiger charge is 2.16. The van der Waals surface area contributed by atoms with Crippen molar-refractivity contribution in [3.05, 3.63) is 50.8 Å². The van der Waals surface area contributed by atoms with E-state index in [1.807, 2.05) is 11.7 Å². The summed E-state index contributed by atoms with van der Waals surface area (Å²) in [5, 5.41) is 4.52. The van der Waals surface area contributed by atoms with Gasteiger partial charge in [-0.15, -0.1) is 0 Å². The van der Waals surface area contributed by atoms with Crippen molar-refractivity contribution in [3.63, 3.8) is 0 Å². The number of nitrogens with zero attached hydrogens (tertiary/aromatic N) is 2. The van der Waals surface area contributed by atoms with Crippen LogP contribution < -0.4 is 5.73 Å². The average molecular weight is 336 g/mol. The van der Waals surface area contributed by atoms with Gasteiger partial charge >= 0.3 is 0 Å². The Balaban J connectivity index is 2.27. The smallest absolute Gasteiger partial charge is 0.0766 e. The minimum Gasteiger partial charge on any atom is -0.324 e. The van der Waals surface area contributed by atoms with E-state index in [-0.39, 0.29) is 6.04 Å². The zero-order valence-corrected chi connectivity index (χ0v) is 14.2. The predicted molar refractivity (Wildman–Crippen MR) is 86.8 cm³/mol. The second-order valence-electron chi connectivity index (χ2n) is 5.42. The molecular formula is C16H22BrN3. The van der Waals surface area contributed by atoms with Crippen LogP contribution in [0.3, 0.4) is 0 Å². The Morgan fingerprint density at radius 1 is 1.25 bits per heavy atom. The molecule has 2 N–H and O–H groups in total. The van der Waals surface area contributed by atoms with Gasteiger partial charge in [-0.2, -0.15) is 5.10 Å². The molecule has 0 fully saturated rings. The fourth-order valence-electron chi connectivity index (χ4n) is 2.59. The lowest BCUT2D eigenvalue weighted by atomic mass is 9.98. The van der Waals surface area contributed by atoms with Gasteiger partial charge in [0.2, 0.25) is 0 Å². The minimum absolute atomic E-state index is 0.00925. The average Bonchev–Trinajstić information content (AvgIpc) is 2.65. The molecule has 0 aliphatic rings. The molecule has 0 aliphatic heterocycles. The summed E-state index contributed by atoms with van der Waals surface area (Å²) in [5.74, 6) is 0. The monoisotopic (exact) mass is 335 g/mol. The third kappa shape index (κ3) is 3.13. The van der Waals surface area contributed by atoms with E-state index in [0.29, 0.717) is 0 Å². The van der Waals surface area contributed by atoms with E-state index in [9.17, 15) is 0 Å². The number of hydrogen-bond acceptors (Lipinski definition) is 2. The normalized spacial score (nSPS) is 12.7. The molecule has 20 heavy (non-hydrogen) atoms. The molecule has 1 aromatic carbocycles. The largest absolute Gasteiger partial charge is 0.324 e. The number of halogens is 1. The summed E-state index contributed by atoms with van der Waals surface area (Å²) in [6.07, 6.45) is 1.71. The number of benzene rings is 1. The van der Waals surface area contributed by atoms with Crippen molar-refractivity contribution < 1.29 is 0 Å². The topological polar surface area (TPSA) is 43.8 Å². The van der Waals surface area contributed by atoms with Crippen LogP contribution in [0.2, 0.25) is 0 Å². The van der Waals surface area contributed by atoms with Crippen molar-refractivity contribution in [1.82, 2.24) is 9.78 Å². The molecule has 0 amide bonds. The maximum atomic E-state index is 6.39. The summed E-state index contributed by atoms with van der Waals surface area (Å²) in [4.78, 5) is 0. The van der Waals surface area contributed by atoms with E-state index >= 15 is 0 Å². The Labute approximate surface area is 129 Å². The molecule has 0 saturated heterocycles. The highest BCUT2D eigenvalue weighted by atomic mass is 79.9. The number of rotatable bonds is 4. The first-order chi connectivity index (χ1) is 9.42. The molecule has 1 unspecified atom stereocenters. The minimum atomic E-state index is -0.00925. The van der Waals surface area contributed by atoms with Crippen LogP contribution in [-0.4, -0.2) is 9.78 Å². The van der Waals surface area contributed by atoms with Gasteiger partial charge in [-0.05, 0) is 41.8 Å². The van der Waals surface area contributed by atoms with Crippen LogP contribution in [0.5, 0.6) is 0 Å². The maximum absolute atomic E-state index is 6.39. The molecule has 1 heterocycles. The first-order valence-corrected chi connectivity index (χ1v) is 7.75. The third-order valence-electron chi connectivity index (χ3n) is 3.59. The number of aryl methyl sites for hydroxylation is 4. The lowest BCUT2D eigenvalue weighted by molar-refractivity contribution is 0.636. The Hall–Kier alpha value is -1.13. The van der Waals surface area contributed by atoms with Crippen LogP contribution >= 0.6 is 15.9 Å². The standard InChI is InChI=1S/C16H22BrN3/c1-5-14-16(17)15(20(4)19-14)9-13(18)12-7-10(2)6-11(3)8-12/h6-8,13H,5,9,18H2,1-4H3. The molecule has 4 heteroatoms. The molecule has 0 radical (unpaired) electrons. The summed E-state index contributed by atoms with van der Waals surface area (Å²) in [7, 11) is 1.98. The van der Waals surface area contributed by atoms with Crippen molar-refractivity contribution in [3.8, 4) is 0 Å². The fraction of sp³-hybridized carbons (Fsp3) is 0.438. The van der Waals surface area contributed by atoms with E-state index in [0.717, 1.165) is 28.7 Å². The van der Waals surface area contributed by atoms with Crippen molar-refractivity contribution in [2.24, 2.45) is 12.8 Å². The number of nitrogens with two attached hydrogens (primary N) is 1. The van der Waals surface area contributed by atoms with Crippen molar-refractivity contribution in [2.45, 2.75) is 39.7 Å². The van der Waals surface area contributed by atoms with Gasteiger partial charge in [0.1, 0.15) is 0 Å². The maximum Gasteiger partial charge on any atom is 0.0766 e. The summed E-state index contributed by atoms with van der Waals surface area (Å²) in [6, 6.07) is 6.50. The van der Waals surface area contributed by atoms with Gasteiger partial charge < -0.3 is 5.73 Å². The molecule has 1 aromatic heterocycles. The van der Waals surface area contributed by atoms with Gasteiger partial charge in [0.05, 0.1) is 15.9 Å². The van der Waals surface area contributed by atoms with Crippen LogP contribution in [-0.2, 0) is 19.9 Å². The molecule has 0 spiro atoms. The molecule has 0 saturated carbocycles. The summed E-state index contributed by atoms with van der Waals surface area (Å²) in [5.41, 5.74) is 12.3. The van der Waals surface area contributed by atoms with E-state index in [4.69, 9.17) is 5.73 Å². The van der Waals surface area contributed by atoms with E-state index in [1.165, 1.54) is 16.7 Å². The molecule has 1 atom stereocenters. The molecular weight excluding hydrogens is 314 g/mol. The highest BCUT2D eigenvalue weighted by molar-refractivity contribution is 9.10. The SMILES string of the molecule is CCc1nn(C)c(CC(N)c2cc(C)cc(C)c2)c1Br. The Morgan fingerprint density at radius 2 is 1.85 bits per heavy atom. The van der Waals surface area contributed by atoms with Gasteiger partial charge in [0.25, 0.3) is 0 Å². The summed E-state index contributed by atoms with van der Waals surface area (Å²) >= 11 is 3.65. The third-order valence-corrected chi connectivity index (χ3v) is 4.50. The van der Waals surface area contributed by atoms with Crippen molar-refractivity contribution in [2.75, 3.05) is 0 Å². The van der Waals surface area contributed by atoms with Gasteiger partial charge in [-0.3, -0.25) is 4.68 Å². The zero-order chi connectivity index (χ0) is 14.9. The second kappa shape index (κ2) is 6.10. The Bertz CT molecular complexity index is 596. The van der Waals surface area contributed by atoms with Crippen LogP contribution in [0.15, 0.2) is 22.7 Å². The van der Waals surface area contributed by atoms with E-state index in [2.05, 4.69) is 60.0 Å². The molecule has 108 valence electrons. The first-order valence-electron chi connectivity index (χ1n) is 6.96. The lowest BCUT2D eigenvalue weighted by Gasteiger charge is -2.14. The summed E-state index contributed by atoms with van der Waals surface area (Å²) < 4.78 is 3.04. The van der Waals surface area contributed by atoms with Gasteiger partial charge in [-0.1, -0.05) is 36.2 Å². The Morgan fingerprint density at radius 3 is 2.35 bits per heavy atom. The predicted octanol–water partition coefficient (Wildman–Crippen LogP) is 3.60. The molecule has 3 nitrogen and oxygen atoms in total. The van der Waals surface area contributed by atoms with Crippen LogP contribution in [0.1, 0.15) is 41.0 Å². The second-order valence-corrected chi connectivity index (χ2v) is 6.21. The van der Waals surface area contributed by atoms with E-state index in [1.54, 1.807) is 0 Å². The lowest BCUT2D eigenvalue weighted by Crippen LogP contribution is -2.16. The van der Waals surface area contributed by atoms with Gasteiger partial charge in [-0.25, -0.2) is 0 Å². The van der Waals surface area contributed by atoms with Gasteiger partial charge in [0.15, 0.2) is 0 Å². The van der Waals surface area contributed by atoms with Crippen molar-refractivity contribution >= 4 is 15.9 Å². The number of hydrogen-bond donors (Lipinski definition) is 1. The quantitative estimate of drug-likeness (QED) is 0.927. The van der Waals surface area contributed by atoms with Crippen LogP contribution in [0, 0.1) is 13.8 Å². The molecule has 2 rings (SSSR count). The summed E-state index contributed by atoms with van der Waals surface area (Å²) in [6.45, 7) is 6.33. The highest BCUT2D eigenvalue weighted by Crippen LogP contribution is 2.26. The molecule has 0 bridgehead atoms. The number of aromatic nitrogens is 2. The zero-order valence-electron chi connectivity index (χ0n) is 12.6. The molecule has 0 aliphatic carbocycles. The fourth-order valence-corrected chi connectivity index (χ4v) is 3.37. The van der Waals surface area contributed by atoms with Crippen LogP contribution in [0.25, 0.3) is 0 Å². The van der Waals surface area contributed by atoms with Crippen LogP contribution in [0.4, 0.5) is 0 Å². The van der Waals surface area contributed by atoms with Gasteiger partial charge in [0, 0.05) is 19.5 Å². The Kier molecular flexibility index (Phi) is 4.66.